The van der Waals surface area contributed by atoms with Gasteiger partial charge in [-0.15, -0.1) is 0 Å². The average molecular weight is 425 g/mol. The zero-order chi connectivity index (χ0) is 21.3. The minimum Gasteiger partial charge on any atom is -0.357 e. The Balaban J connectivity index is 1.77. The summed E-state index contributed by atoms with van der Waals surface area (Å²) in [5.74, 6) is 0.162. The molecule has 30 heavy (non-hydrogen) atoms. The molecule has 0 aliphatic rings. The Morgan fingerprint density at radius 2 is 2.07 bits per heavy atom. The van der Waals surface area contributed by atoms with E-state index in [1.54, 1.807) is 6.20 Å². The molecule has 2 N–H and O–H groups in total. The molecule has 0 spiro atoms. The van der Waals surface area contributed by atoms with Crippen LogP contribution in [0.1, 0.15) is 29.7 Å². The van der Waals surface area contributed by atoms with E-state index in [2.05, 4.69) is 20.7 Å². The van der Waals surface area contributed by atoms with E-state index in [1.807, 2.05) is 54.2 Å². The van der Waals surface area contributed by atoms with Crippen molar-refractivity contribution in [3.63, 3.8) is 0 Å². The van der Waals surface area contributed by atoms with Crippen LogP contribution < -0.4 is 10.6 Å². The summed E-state index contributed by atoms with van der Waals surface area (Å²) in [6.45, 7) is 3.23. The zero-order valence-corrected chi connectivity index (χ0v) is 17.3. The van der Waals surface area contributed by atoms with Crippen LogP contribution in [-0.4, -0.2) is 28.8 Å². The fraction of sp³-hybridized carbons (Fsp3) is 0.227. The van der Waals surface area contributed by atoms with Crippen LogP contribution in [0.5, 0.6) is 0 Å². The summed E-state index contributed by atoms with van der Waals surface area (Å²) in [5, 5.41) is 20.5. The minimum absolute atomic E-state index is 0.0835. The van der Waals surface area contributed by atoms with Crippen molar-refractivity contribution in [3.8, 4) is 6.07 Å². The summed E-state index contributed by atoms with van der Waals surface area (Å²) < 4.78 is 15.9. The van der Waals surface area contributed by atoms with Gasteiger partial charge >= 0.3 is 0 Å². The molecule has 2 aromatic carbocycles. The van der Waals surface area contributed by atoms with Gasteiger partial charge in [0.2, 0.25) is 0 Å². The van der Waals surface area contributed by atoms with Crippen molar-refractivity contribution in [2.45, 2.75) is 19.5 Å². The highest BCUT2D eigenvalue weighted by Gasteiger charge is 2.15. The first kappa shape index (κ1) is 21.3. The lowest BCUT2D eigenvalue weighted by Crippen LogP contribution is -2.40. The van der Waals surface area contributed by atoms with Crippen molar-refractivity contribution in [2.75, 3.05) is 13.1 Å². The first-order chi connectivity index (χ1) is 14.6. The minimum atomic E-state index is -0.385. The Hall–Kier alpha value is -3.37. The third kappa shape index (κ3) is 5.58. The molecule has 0 bridgehead atoms. The van der Waals surface area contributed by atoms with E-state index >= 15 is 0 Å². The molecule has 1 aromatic heterocycles. The van der Waals surface area contributed by atoms with E-state index in [0.29, 0.717) is 35.2 Å². The molecule has 3 rings (SSSR count). The maximum atomic E-state index is 14.1. The average Bonchev–Trinajstić information content (AvgIpc) is 3.29. The van der Waals surface area contributed by atoms with Crippen LogP contribution in [0.15, 0.2) is 65.9 Å². The third-order valence-corrected chi connectivity index (χ3v) is 4.74. The van der Waals surface area contributed by atoms with Gasteiger partial charge in [-0.3, -0.25) is 4.68 Å². The summed E-state index contributed by atoms with van der Waals surface area (Å²) in [6.07, 6.45) is 3.63. The zero-order valence-electron chi connectivity index (χ0n) is 16.5. The number of halogens is 2. The number of rotatable bonds is 7. The number of guanidine groups is 1. The van der Waals surface area contributed by atoms with E-state index < -0.39 is 0 Å². The number of hydrogen-bond donors (Lipinski definition) is 2. The summed E-state index contributed by atoms with van der Waals surface area (Å²) in [7, 11) is 0. The molecule has 0 aliphatic carbocycles. The molecule has 1 atom stereocenters. The van der Waals surface area contributed by atoms with Crippen molar-refractivity contribution in [3.05, 3.63) is 88.5 Å². The third-order valence-electron chi connectivity index (χ3n) is 4.49. The second-order valence-corrected chi connectivity index (χ2v) is 6.98. The van der Waals surface area contributed by atoms with Gasteiger partial charge in [0.15, 0.2) is 5.96 Å². The predicted octanol–water partition coefficient (Wildman–Crippen LogP) is 3.89. The summed E-state index contributed by atoms with van der Waals surface area (Å²) in [5.41, 5.74) is 1.81. The van der Waals surface area contributed by atoms with Crippen LogP contribution in [0.3, 0.4) is 0 Å². The smallest absolute Gasteiger partial charge is 0.191 e. The van der Waals surface area contributed by atoms with Crippen LogP contribution in [0.4, 0.5) is 4.39 Å². The molecule has 0 radical (unpaired) electrons. The predicted molar refractivity (Wildman–Crippen MR) is 116 cm³/mol. The Labute approximate surface area is 180 Å². The van der Waals surface area contributed by atoms with Gasteiger partial charge in [-0.05, 0) is 48.9 Å². The van der Waals surface area contributed by atoms with E-state index in [0.717, 1.165) is 5.56 Å². The number of aliphatic imine (C=N–C) groups is 1. The van der Waals surface area contributed by atoms with Crippen molar-refractivity contribution in [1.29, 1.82) is 5.26 Å². The van der Waals surface area contributed by atoms with E-state index in [4.69, 9.17) is 16.9 Å². The molecule has 1 heterocycles. The standard InChI is InChI=1S/C22H22ClFN6/c1-2-26-22(27-14-18-12-16(13-25)4-9-20(18)24)28-15-21(30-11-3-10-29-30)17-5-7-19(23)8-6-17/h3-12,21H,2,14-15H2,1H3,(H2,26,27,28). The lowest BCUT2D eigenvalue weighted by Gasteiger charge is -2.20. The molecule has 1 unspecified atom stereocenters. The second kappa shape index (κ2) is 10.4. The maximum Gasteiger partial charge on any atom is 0.191 e. The Morgan fingerprint density at radius 1 is 1.27 bits per heavy atom. The van der Waals surface area contributed by atoms with Gasteiger partial charge < -0.3 is 10.6 Å². The number of nitrogens with one attached hydrogen (secondary N) is 2. The summed E-state index contributed by atoms with van der Waals surface area (Å²) >= 11 is 6.03. The highest BCUT2D eigenvalue weighted by molar-refractivity contribution is 6.30. The van der Waals surface area contributed by atoms with Gasteiger partial charge in [0.05, 0.1) is 24.2 Å². The fourth-order valence-corrected chi connectivity index (χ4v) is 3.10. The number of nitrogens with zero attached hydrogens (tertiary/aromatic N) is 4. The van der Waals surface area contributed by atoms with E-state index in [1.165, 1.54) is 18.2 Å². The molecule has 0 saturated carbocycles. The molecule has 0 fully saturated rings. The molecule has 0 amide bonds. The fourth-order valence-electron chi connectivity index (χ4n) is 2.98. The normalized spacial score (nSPS) is 12.3. The first-order valence-electron chi connectivity index (χ1n) is 9.56. The lowest BCUT2D eigenvalue weighted by molar-refractivity contribution is 0.510. The monoisotopic (exact) mass is 424 g/mol. The van der Waals surface area contributed by atoms with Crippen LogP contribution in [0, 0.1) is 17.1 Å². The Bertz CT molecular complexity index is 1020. The molecular weight excluding hydrogens is 403 g/mol. The number of benzene rings is 2. The van der Waals surface area contributed by atoms with Crippen molar-refractivity contribution < 1.29 is 4.39 Å². The van der Waals surface area contributed by atoms with Crippen LogP contribution in [0.25, 0.3) is 0 Å². The molecule has 0 aliphatic heterocycles. The first-order valence-corrected chi connectivity index (χ1v) is 9.93. The molecule has 0 saturated heterocycles. The summed E-state index contributed by atoms with van der Waals surface area (Å²) in [4.78, 5) is 4.48. The highest BCUT2D eigenvalue weighted by Crippen LogP contribution is 2.19. The van der Waals surface area contributed by atoms with Gasteiger partial charge in [-0.2, -0.15) is 10.4 Å². The van der Waals surface area contributed by atoms with Crippen molar-refractivity contribution in [2.24, 2.45) is 4.99 Å². The van der Waals surface area contributed by atoms with E-state index in [-0.39, 0.29) is 18.4 Å². The van der Waals surface area contributed by atoms with Gasteiger partial charge in [-0.1, -0.05) is 23.7 Å². The van der Waals surface area contributed by atoms with Crippen molar-refractivity contribution in [1.82, 2.24) is 20.4 Å². The molecular formula is C22H22ClFN6. The van der Waals surface area contributed by atoms with Gasteiger partial charge in [-0.25, -0.2) is 9.38 Å². The summed E-state index contributed by atoms with van der Waals surface area (Å²) in [6, 6.07) is 15.7. The largest absolute Gasteiger partial charge is 0.357 e. The second-order valence-electron chi connectivity index (χ2n) is 6.55. The highest BCUT2D eigenvalue weighted by atomic mass is 35.5. The molecule has 8 heteroatoms. The van der Waals surface area contributed by atoms with E-state index in [9.17, 15) is 4.39 Å². The number of hydrogen-bond acceptors (Lipinski definition) is 3. The Morgan fingerprint density at radius 3 is 2.73 bits per heavy atom. The topological polar surface area (TPSA) is 78.0 Å². The lowest BCUT2D eigenvalue weighted by atomic mass is 10.1. The van der Waals surface area contributed by atoms with Crippen LogP contribution in [-0.2, 0) is 6.54 Å². The van der Waals surface area contributed by atoms with Crippen LogP contribution >= 0.6 is 11.6 Å². The van der Waals surface area contributed by atoms with Gasteiger partial charge in [0.25, 0.3) is 0 Å². The SMILES string of the molecule is CCNC(=NCc1cc(C#N)ccc1F)NCC(c1ccc(Cl)cc1)n1cccn1. The number of nitriles is 1. The molecule has 6 nitrogen and oxygen atoms in total. The quantitative estimate of drug-likeness (QED) is 0.445. The van der Waals surface area contributed by atoms with Gasteiger partial charge in [0.1, 0.15) is 5.82 Å². The van der Waals surface area contributed by atoms with Crippen LogP contribution in [0.2, 0.25) is 5.02 Å². The molecule has 154 valence electrons. The Kier molecular flexibility index (Phi) is 7.41. The van der Waals surface area contributed by atoms with Gasteiger partial charge in [0, 0.05) is 36.1 Å². The van der Waals surface area contributed by atoms with Crippen molar-refractivity contribution >= 4 is 17.6 Å². The number of aromatic nitrogens is 2. The maximum absolute atomic E-state index is 14.1. The molecule has 3 aromatic rings.